The summed E-state index contributed by atoms with van der Waals surface area (Å²) in [4.78, 5) is 14.8. The number of guanidine groups is 1. The van der Waals surface area contributed by atoms with Gasteiger partial charge in [0, 0.05) is 58.1 Å². The van der Waals surface area contributed by atoms with E-state index in [1.165, 1.54) is 6.07 Å². The number of nitrogens with zero attached hydrogens (tertiary/aromatic N) is 2. The van der Waals surface area contributed by atoms with Crippen molar-refractivity contribution in [3.63, 3.8) is 0 Å². The predicted molar refractivity (Wildman–Crippen MR) is 115 cm³/mol. The zero-order valence-electron chi connectivity index (χ0n) is 16.7. The lowest BCUT2D eigenvalue weighted by molar-refractivity contribution is -0.384. The normalized spacial score (nSPS) is 11.0. The van der Waals surface area contributed by atoms with Crippen LogP contribution >= 0.6 is 0 Å². The maximum Gasteiger partial charge on any atom is 0.292 e. The van der Waals surface area contributed by atoms with Crippen LogP contribution in [0.4, 0.5) is 17.1 Å². The zero-order chi connectivity index (χ0) is 20.9. The number of benzene rings is 2. The molecule has 0 saturated heterocycles. The number of rotatable bonds is 11. The predicted octanol–water partition coefficient (Wildman–Crippen LogP) is 3.11. The van der Waals surface area contributed by atoms with Crippen LogP contribution in [-0.2, 0) is 4.74 Å². The number of nitrogens with one attached hydrogen (secondary N) is 3. The van der Waals surface area contributed by atoms with Crippen LogP contribution in [0.3, 0.4) is 0 Å². The molecule has 0 fully saturated rings. The molecule has 2 rings (SSSR count). The Morgan fingerprint density at radius 1 is 1.14 bits per heavy atom. The van der Waals surface area contributed by atoms with Crippen molar-refractivity contribution in [3.8, 4) is 5.75 Å². The van der Waals surface area contributed by atoms with Crippen molar-refractivity contribution in [3.05, 3.63) is 58.6 Å². The van der Waals surface area contributed by atoms with Gasteiger partial charge in [0.15, 0.2) is 5.96 Å². The summed E-state index contributed by atoms with van der Waals surface area (Å²) in [5.41, 5.74) is 1.38. The smallest absolute Gasteiger partial charge is 0.292 e. The molecular formula is C20H27N5O4. The topological polar surface area (TPSA) is 110 Å². The minimum atomic E-state index is -0.402. The van der Waals surface area contributed by atoms with Crippen LogP contribution in [0, 0.1) is 10.1 Å². The summed E-state index contributed by atoms with van der Waals surface area (Å²) >= 11 is 0. The summed E-state index contributed by atoms with van der Waals surface area (Å²) in [5, 5.41) is 20.5. The lowest BCUT2D eigenvalue weighted by atomic mass is 10.2. The third-order valence-corrected chi connectivity index (χ3v) is 3.92. The van der Waals surface area contributed by atoms with Crippen molar-refractivity contribution in [1.82, 2.24) is 5.32 Å². The van der Waals surface area contributed by atoms with Crippen LogP contribution in [0.5, 0.6) is 5.75 Å². The second-order valence-electron chi connectivity index (χ2n) is 6.05. The van der Waals surface area contributed by atoms with Gasteiger partial charge in [-0.05, 0) is 18.2 Å². The van der Waals surface area contributed by atoms with Crippen LogP contribution in [0.1, 0.15) is 6.42 Å². The van der Waals surface area contributed by atoms with Gasteiger partial charge in [-0.3, -0.25) is 15.1 Å². The van der Waals surface area contributed by atoms with Gasteiger partial charge in [0.25, 0.3) is 5.69 Å². The van der Waals surface area contributed by atoms with Crippen molar-refractivity contribution in [1.29, 1.82) is 0 Å². The molecule has 0 unspecified atom stereocenters. The fourth-order valence-corrected chi connectivity index (χ4v) is 2.53. The average Bonchev–Trinajstić information content (AvgIpc) is 2.74. The van der Waals surface area contributed by atoms with Gasteiger partial charge in [-0.2, -0.15) is 0 Å². The molecule has 0 aliphatic heterocycles. The van der Waals surface area contributed by atoms with Crippen LogP contribution in [0.2, 0.25) is 0 Å². The summed E-state index contributed by atoms with van der Waals surface area (Å²) in [6.45, 7) is 2.27. The molecule has 0 bridgehead atoms. The number of aliphatic imine (C=N–C) groups is 1. The molecule has 2 aromatic rings. The van der Waals surface area contributed by atoms with E-state index in [1.54, 1.807) is 32.4 Å². The van der Waals surface area contributed by atoms with E-state index in [9.17, 15) is 10.1 Å². The summed E-state index contributed by atoms with van der Waals surface area (Å²) in [6, 6.07) is 14.2. The second kappa shape index (κ2) is 12.2. The Bertz CT molecular complexity index is 813. The van der Waals surface area contributed by atoms with Gasteiger partial charge >= 0.3 is 0 Å². The minimum Gasteiger partial charge on any atom is -0.493 e. The Morgan fingerprint density at radius 2 is 1.97 bits per heavy atom. The molecule has 0 aliphatic carbocycles. The van der Waals surface area contributed by atoms with Crippen LogP contribution in [0.25, 0.3) is 0 Å². The minimum absolute atomic E-state index is 0.0531. The Morgan fingerprint density at radius 3 is 2.72 bits per heavy atom. The van der Waals surface area contributed by atoms with E-state index in [4.69, 9.17) is 9.47 Å². The summed E-state index contributed by atoms with van der Waals surface area (Å²) in [7, 11) is 3.34. The van der Waals surface area contributed by atoms with Crippen molar-refractivity contribution >= 4 is 23.0 Å². The molecule has 0 saturated carbocycles. The Hall–Kier alpha value is -3.33. The van der Waals surface area contributed by atoms with Crippen molar-refractivity contribution < 1.29 is 14.4 Å². The molecule has 3 N–H and O–H groups in total. The first-order valence-electron chi connectivity index (χ1n) is 9.31. The van der Waals surface area contributed by atoms with Gasteiger partial charge in [0.1, 0.15) is 11.4 Å². The largest absolute Gasteiger partial charge is 0.493 e. The third kappa shape index (κ3) is 7.67. The number of nitro groups is 1. The van der Waals surface area contributed by atoms with E-state index in [0.717, 1.165) is 17.9 Å². The molecule has 2 aromatic carbocycles. The highest BCUT2D eigenvalue weighted by molar-refractivity contribution is 5.93. The third-order valence-electron chi connectivity index (χ3n) is 3.92. The van der Waals surface area contributed by atoms with Gasteiger partial charge < -0.3 is 25.4 Å². The highest BCUT2D eigenvalue weighted by Gasteiger charge is 2.11. The number of para-hydroxylation sites is 2. The Labute approximate surface area is 170 Å². The van der Waals surface area contributed by atoms with Gasteiger partial charge in [0.05, 0.1) is 11.5 Å². The number of ether oxygens (including phenoxy) is 2. The zero-order valence-corrected chi connectivity index (χ0v) is 16.7. The molecule has 0 aromatic heterocycles. The first-order chi connectivity index (χ1) is 14.1. The van der Waals surface area contributed by atoms with E-state index in [2.05, 4.69) is 20.9 Å². The van der Waals surface area contributed by atoms with E-state index in [0.29, 0.717) is 38.0 Å². The molecule has 0 heterocycles. The Kier molecular flexibility index (Phi) is 9.23. The van der Waals surface area contributed by atoms with Gasteiger partial charge in [-0.15, -0.1) is 0 Å². The lowest BCUT2D eigenvalue weighted by Gasteiger charge is -2.14. The first kappa shape index (κ1) is 22.0. The second-order valence-corrected chi connectivity index (χ2v) is 6.05. The summed E-state index contributed by atoms with van der Waals surface area (Å²) in [6.07, 6.45) is 0.823. The number of hydrogen-bond donors (Lipinski definition) is 3. The molecule has 0 spiro atoms. The van der Waals surface area contributed by atoms with Crippen LogP contribution in [0.15, 0.2) is 53.5 Å². The maximum absolute atomic E-state index is 11.0. The highest BCUT2D eigenvalue weighted by Crippen LogP contribution is 2.22. The number of anilines is 2. The molecule has 9 heteroatoms. The van der Waals surface area contributed by atoms with Crippen molar-refractivity contribution in [2.75, 3.05) is 51.1 Å². The van der Waals surface area contributed by atoms with Crippen LogP contribution in [-0.4, -0.2) is 51.3 Å². The van der Waals surface area contributed by atoms with Gasteiger partial charge in [-0.1, -0.05) is 18.2 Å². The maximum atomic E-state index is 11.0. The molecule has 29 heavy (non-hydrogen) atoms. The fraction of sp³-hybridized carbons (Fsp3) is 0.350. The van der Waals surface area contributed by atoms with E-state index < -0.39 is 4.92 Å². The van der Waals surface area contributed by atoms with Gasteiger partial charge in [0.2, 0.25) is 0 Å². The van der Waals surface area contributed by atoms with Crippen molar-refractivity contribution in [2.45, 2.75) is 6.42 Å². The molecule has 0 radical (unpaired) electrons. The number of nitro benzene ring substituents is 1. The molecule has 9 nitrogen and oxygen atoms in total. The lowest BCUT2D eigenvalue weighted by Crippen LogP contribution is -2.34. The quantitative estimate of drug-likeness (QED) is 0.174. The molecule has 0 amide bonds. The molecule has 0 aliphatic rings. The summed E-state index contributed by atoms with van der Waals surface area (Å²) < 4.78 is 10.7. The Balaban J connectivity index is 1.80. The fourth-order valence-electron chi connectivity index (χ4n) is 2.53. The first-order valence-corrected chi connectivity index (χ1v) is 9.31. The monoisotopic (exact) mass is 401 g/mol. The summed E-state index contributed by atoms with van der Waals surface area (Å²) in [5.74, 6) is 1.35. The molecule has 156 valence electrons. The number of hydrogen-bond acceptors (Lipinski definition) is 6. The van der Waals surface area contributed by atoms with Crippen LogP contribution < -0.4 is 20.7 Å². The van der Waals surface area contributed by atoms with E-state index >= 15 is 0 Å². The SMILES string of the molecule is CN=C(NCCNc1ccccc1[N+](=O)[O-])Nc1cccc(OCCCOC)c1. The van der Waals surface area contributed by atoms with Gasteiger partial charge in [-0.25, -0.2) is 0 Å². The van der Waals surface area contributed by atoms with E-state index in [-0.39, 0.29) is 5.69 Å². The average molecular weight is 401 g/mol. The van der Waals surface area contributed by atoms with E-state index in [1.807, 2.05) is 24.3 Å². The molecular weight excluding hydrogens is 374 g/mol. The highest BCUT2D eigenvalue weighted by atomic mass is 16.6. The van der Waals surface area contributed by atoms with Crippen molar-refractivity contribution in [2.24, 2.45) is 4.99 Å². The number of methoxy groups -OCH3 is 1. The molecule has 0 atom stereocenters. The standard InChI is InChI=1S/C20H27N5O4/c1-21-20(23-12-11-22-18-9-3-4-10-19(18)25(26)27)24-16-7-5-8-17(15-16)29-14-6-13-28-2/h3-5,7-10,15,22H,6,11-14H2,1-2H3,(H2,21,23,24).